The van der Waals surface area contributed by atoms with Gasteiger partial charge in [0, 0.05) is 32.6 Å². The number of nitrogens with zero attached hydrogens (tertiary/aromatic N) is 2. The minimum Gasteiger partial charge on any atom is -0.346 e. The van der Waals surface area contributed by atoms with Crippen LogP contribution < -0.4 is 0 Å². The summed E-state index contributed by atoms with van der Waals surface area (Å²) in [6.07, 6.45) is 2.88. The van der Waals surface area contributed by atoms with Gasteiger partial charge in [-0.1, -0.05) is 0 Å². The molecular formula is C2H2N2OPb. The number of hydrogen-bond acceptors (Lipinski definition) is 3. The van der Waals surface area contributed by atoms with Gasteiger partial charge in [0.2, 0.25) is 0 Å². The molecule has 0 aliphatic heterocycles. The number of hydrogen-bond donors (Lipinski definition) is 0. The molecule has 0 aliphatic carbocycles. The van der Waals surface area contributed by atoms with Crippen molar-refractivity contribution in [1.29, 1.82) is 0 Å². The van der Waals surface area contributed by atoms with Gasteiger partial charge in [-0.2, -0.15) is 0 Å². The number of rotatable bonds is 0. The molecule has 0 saturated heterocycles. The Morgan fingerprint density at radius 2 is 2.33 bits per heavy atom. The van der Waals surface area contributed by atoms with Gasteiger partial charge >= 0.3 is 0 Å². The van der Waals surface area contributed by atoms with E-state index in [1.807, 2.05) is 0 Å². The molecule has 1 aromatic heterocycles. The van der Waals surface area contributed by atoms with E-state index < -0.39 is 0 Å². The van der Waals surface area contributed by atoms with E-state index in [2.05, 4.69) is 14.9 Å². The third-order valence-electron chi connectivity index (χ3n) is 0.283. The predicted octanol–water partition coefficient (Wildman–Crippen LogP) is -0.311. The molecule has 4 heteroatoms. The summed E-state index contributed by atoms with van der Waals surface area (Å²) in [6.45, 7) is 0. The van der Waals surface area contributed by atoms with E-state index >= 15 is 0 Å². The topological polar surface area (TPSA) is 38.9 Å². The molecule has 6 heavy (non-hydrogen) atoms. The molecule has 0 atom stereocenters. The van der Waals surface area contributed by atoms with Crippen LogP contribution in [0.5, 0.6) is 0 Å². The van der Waals surface area contributed by atoms with Gasteiger partial charge in [-0.15, -0.1) is 5.10 Å². The van der Waals surface area contributed by atoms with Crippen LogP contribution in [-0.4, -0.2) is 37.7 Å². The maximum Gasteiger partial charge on any atom is 0.144 e. The molecule has 1 heterocycles. The van der Waals surface area contributed by atoms with Gasteiger partial charge in [-0.3, -0.25) is 0 Å². The summed E-state index contributed by atoms with van der Waals surface area (Å²) in [5, 5.41) is 6.40. The Kier molecular flexibility index (Phi) is 3.29. The van der Waals surface area contributed by atoms with Gasteiger partial charge in [0.1, 0.15) is 6.26 Å². The van der Waals surface area contributed by atoms with Crippen molar-refractivity contribution in [2.45, 2.75) is 0 Å². The molecule has 0 amide bonds. The first-order chi connectivity index (χ1) is 2.50. The molecule has 3 nitrogen and oxygen atoms in total. The fourth-order valence-electron chi connectivity index (χ4n) is 0.136. The Bertz CT molecular complexity index is 68.0. The summed E-state index contributed by atoms with van der Waals surface area (Å²) in [5.41, 5.74) is 0. The first kappa shape index (κ1) is 6.06. The maximum atomic E-state index is 4.22. The first-order valence-corrected chi connectivity index (χ1v) is 1.21. The largest absolute Gasteiger partial charge is 0.346 e. The number of aromatic nitrogens is 2. The second kappa shape index (κ2) is 3.26. The van der Waals surface area contributed by atoms with Gasteiger partial charge in [-0.25, -0.2) is 0 Å². The second-order valence-electron chi connectivity index (χ2n) is 0.588. The van der Waals surface area contributed by atoms with Gasteiger partial charge < -0.3 is 4.52 Å². The van der Waals surface area contributed by atoms with Crippen molar-refractivity contribution >= 4 is 27.3 Å². The van der Waals surface area contributed by atoms with Crippen molar-refractivity contribution in [2.75, 3.05) is 0 Å². The molecule has 0 saturated carbocycles. The van der Waals surface area contributed by atoms with Gasteiger partial charge in [0.15, 0.2) is 0 Å². The fraction of sp³-hybridized carbons (Fsp3) is 0. The Labute approximate surface area is 54.9 Å². The van der Waals surface area contributed by atoms with Crippen LogP contribution in [0.1, 0.15) is 0 Å². The smallest absolute Gasteiger partial charge is 0.144 e. The normalized spacial score (nSPS) is 6.67. The van der Waals surface area contributed by atoms with Gasteiger partial charge in [0.05, 0.1) is 6.20 Å². The summed E-state index contributed by atoms with van der Waals surface area (Å²) in [6, 6.07) is 0. The molecule has 0 bridgehead atoms. The molecule has 4 radical (unpaired) electrons. The minimum absolute atomic E-state index is 0. The molecule has 1 aromatic rings. The summed E-state index contributed by atoms with van der Waals surface area (Å²) < 4.78 is 4.22. The van der Waals surface area contributed by atoms with Gasteiger partial charge in [0.25, 0.3) is 0 Å². The van der Waals surface area contributed by atoms with Crippen molar-refractivity contribution in [3.8, 4) is 0 Å². The van der Waals surface area contributed by atoms with Crippen LogP contribution in [0.3, 0.4) is 0 Å². The van der Waals surface area contributed by atoms with Crippen molar-refractivity contribution in [1.82, 2.24) is 10.4 Å². The van der Waals surface area contributed by atoms with E-state index in [0.717, 1.165) is 0 Å². The van der Waals surface area contributed by atoms with E-state index in [9.17, 15) is 0 Å². The molecular weight excluding hydrogens is 275 g/mol. The zero-order valence-electron chi connectivity index (χ0n) is 2.96. The average Bonchev–Trinajstić information content (AvgIpc) is 1.76. The summed E-state index contributed by atoms with van der Waals surface area (Å²) in [7, 11) is 0. The van der Waals surface area contributed by atoms with Crippen LogP contribution in [0.2, 0.25) is 0 Å². The molecule has 0 N–H and O–H groups in total. The Morgan fingerprint density at radius 1 is 1.50 bits per heavy atom. The Hall–Kier alpha value is 0.0621. The maximum absolute atomic E-state index is 4.22. The summed E-state index contributed by atoms with van der Waals surface area (Å²) >= 11 is 0. The Morgan fingerprint density at radius 3 is 2.50 bits per heavy atom. The summed E-state index contributed by atoms with van der Waals surface area (Å²) in [5.74, 6) is 0. The standard InChI is InChI=1S/C2H2N2O.Pb/c1-2-5-4-3-1;/h1-2H;. The second-order valence-corrected chi connectivity index (χ2v) is 0.588. The molecule has 0 unspecified atom stereocenters. The third kappa shape index (κ3) is 1.49. The fourth-order valence-corrected chi connectivity index (χ4v) is 0.136. The zero-order chi connectivity index (χ0) is 3.54. The van der Waals surface area contributed by atoms with E-state index in [-0.39, 0.29) is 27.3 Å². The Balaban J connectivity index is 0.000000250. The van der Waals surface area contributed by atoms with Crippen molar-refractivity contribution in [2.24, 2.45) is 0 Å². The minimum atomic E-state index is 0. The molecule has 0 aliphatic rings. The molecule has 30 valence electrons. The van der Waals surface area contributed by atoms with Crippen molar-refractivity contribution in [3.05, 3.63) is 12.5 Å². The van der Waals surface area contributed by atoms with Crippen LogP contribution in [0, 0.1) is 0 Å². The van der Waals surface area contributed by atoms with Crippen LogP contribution in [0.4, 0.5) is 0 Å². The molecule has 0 spiro atoms. The monoisotopic (exact) mass is 278 g/mol. The zero-order valence-corrected chi connectivity index (χ0v) is 6.84. The predicted molar refractivity (Wildman–Crippen MR) is 20.1 cm³/mol. The SMILES string of the molecule is [Pb].c1conn1. The summed E-state index contributed by atoms with van der Waals surface area (Å²) in [4.78, 5) is 0. The van der Waals surface area contributed by atoms with Crippen LogP contribution in [0.25, 0.3) is 0 Å². The van der Waals surface area contributed by atoms with E-state index in [4.69, 9.17) is 0 Å². The molecule has 0 aromatic carbocycles. The first-order valence-electron chi connectivity index (χ1n) is 1.21. The van der Waals surface area contributed by atoms with Crippen molar-refractivity contribution < 1.29 is 4.52 Å². The van der Waals surface area contributed by atoms with Crippen molar-refractivity contribution in [3.63, 3.8) is 0 Å². The van der Waals surface area contributed by atoms with Crippen LogP contribution in [-0.2, 0) is 0 Å². The van der Waals surface area contributed by atoms with Crippen LogP contribution in [0.15, 0.2) is 17.0 Å². The average molecular weight is 277 g/mol. The molecule has 1 rings (SSSR count). The van der Waals surface area contributed by atoms with E-state index in [1.165, 1.54) is 12.5 Å². The van der Waals surface area contributed by atoms with E-state index in [0.29, 0.717) is 0 Å². The van der Waals surface area contributed by atoms with E-state index in [1.54, 1.807) is 0 Å². The van der Waals surface area contributed by atoms with Gasteiger partial charge in [-0.05, 0) is 0 Å². The van der Waals surface area contributed by atoms with Crippen LogP contribution >= 0.6 is 0 Å². The quantitative estimate of drug-likeness (QED) is 0.611. The third-order valence-corrected chi connectivity index (χ3v) is 0.283. The molecule has 0 fully saturated rings.